The van der Waals surface area contributed by atoms with Gasteiger partial charge in [-0.3, -0.25) is 4.79 Å². The maximum absolute atomic E-state index is 12.2. The molecule has 2 fully saturated rings. The molecule has 37 heavy (non-hydrogen) atoms. The number of carbonyl (C=O) groups is 2. The average molecular weight is 521 g/mol. The van der Waals surface area contributed by atoms with Crippen LogP contribution in [-0.4, -0.2) is 84.3 Å². The third-order valence-corrected chi connectivity index (χ3v) is 7.63. The monoisotopic (exact) mass is 520 g/mol. The third-order valence-electron chi connectivity index (χ3n) is 7.63. The van der Waals surface area contributed by atoms with E-state index >= 15 is 0 Å². The molecule has 0 aromatic heterocycles. The highest BCUT2D eigenvalue weighted by Crippen LogP contribution is 2.46. The Morgan fingerprint density at radius 1 is 1.14 bits per heavy atom. The van der Waals surface area contributed by atoms with Crippen molar-refractivity contribution in [3.05, 3.63) is 28.8 Å². The summed E-state index contributed by atoms with van der Waals surface area (Å²) in [5.74, 6) is -3.27. The highest BCUT2D eigenvalue weighted by Gasteiger charge is 2.56. The fraction of sp³-hybridized carbons (Fsp3) is 0.538. The number of Topliss-reactive ketones (excluding diaryl/α,β-unsaturated/α-hetero) is 1. The molecule has 0 bridgehead atoms. The van der Waals surface area contributed by atoms with Crippen molar-refractivity contribution in [1.29, 1.82) is 0 Å². The Morgan fingerprint density at radius 2 is 1.78 bits per heavy atom. The lowest BCUT2D eigenvalue weighted by atomic mass is 9.77. The predicted octanol–water partition coefficient (Wildman–Crippen LogP) is 1.59. The molecule has 11 nitrogen and oxygen atoms in total. The lowest BCUT2D eigenvalue weighted by Crippen LogP contribution is -2.68. The van der Waals surface area contributed by atoms with Crippen LogP contribution in [0.25, 0.3) is 10.8 Å². The van der Waals surface area contributed by atoms with Crippen LogP contribution in [-0.2, 0) is 4.74 Å². The molecule has 1 saturated carbocycles. The molecule has 2 aromatic carbocycles. The molecule has 0 unspecified atom stereocenters. The van der Waals surface area contributed by atoms with Crippen LogP contribution in [0, 0.1) is 12.8 Å². The number of hydrogen-bond acceptors (Lipinski definition) is 10. The predicted molar refractivity (Wildman–Crippen MR) is 129 cm³/mol. The van der Waals surface area contributed by atoms with Crippen molar-refractivity contribution in [1.82, 2.24) is 0 Å². The number of phenolic OH excluding ortho intramolecular Hbond substituents is 2. The zero-order valence-corrected chi connectivity index (χ0v) is 20.5. The van der Waals surface area contributed by atoms with Gasteiger partial charge in [0.1, 0.15) is 41.2 Å². The molecule has 1 heterocycles. The van der Waals surface area contributed by atoms with Crippen LogP contribution in [0.2, 0.25) is 0 Å². The minimum absolute atomic E-state index is 0.0349. The Labute approximate surface area is 212 Å². The number of aliphatic hydroxyl groups excluding tert-OH is 3. The Hall–Kier alpha value is -2.96. The molecule has 1 aliphatic heterocycles. The van der Waals surface area contributed by atoms with E-state index in [4.69, 9.17) is 9.47 Å². The number of ether oxygens (including phenoxy) is 2. The Balaban J connectivity index is 1.78. The van der Waals surface area contributed by atoms with Crippen LogP contribution in [0.5, 0.6) is 17.2 Å². The summed E-state index contributed by atoms with van der Waals surface area (Å²) >= 11 is 0. The first-order valence-corrected chi connectivity index (χ1v) is 12.2. The van der Waals surface area contributed by atoms with Gasteiger partial charge in [-0.2, -0.15) is 0 Å². The summed E-state index contributed by atoms with van der Waals surface area (Å²) in [5, 5.41) is 73.9. The number of carboxylic acid groups (broad SMARTS) is 1. The van der Waals surface area contributed by atoms with Crippen molar-refractivity contribution in [2.75, 3.05) is 6.61 Å². The van der Waals surface area contributed by atoms with E-state index in [1.165, 1.54) is 13.8 Å². The molecule has 2 aliphatic rings. The van der Waals surface area contributed by atoms with Gasteiger partial charge < -0.3 is 45.2 Å². The highest BCUT2D eigenvalue weighted by molar-refractivity contribution is 6.11. The number of fused-ring (bicyclic) bond motifs is 1. The average Bonchev–Trinajstić information content (AvgIpc) is 3.35. The number of phenols is 2. The standard InChI is InChI=1S/C26H32O11/c1-11-18(12(2)28)21(30)19-15(20(11)29)7-14(24(33)34)8-16(19)36-25-22(31)23(32)26(35,17(10-27)37-25)9-13-5-3-4-6-13/h7-8,13,17,22-23,25,27,29-32,35H,3-6,9-10H2,1-2H3,(H,33,34)/t17-,22-,23-,25+,26-/m1/s1. The fourth-order valence-electron chi connectivity index (χ4n) is 5.66. The van der Waals surface area contributed by atoms with Gasteiger partial charge in [0.15, 0.2) is 5.78 Å². The largest absolute Gasteiger partial charge is 0.507 e. The third kappa shape index (κ3) is 4.62. The van der Waals surface area contributed by atoms with Gasteiger partial charge in [0, 0.05) is 10.9 Å². The van der Waals surface area contributed by atoms with Crippen molar-refractivity contribution in [2.45, 2.75) is 76.2 Å². The molecular formula is C26H32O11. The summed E-state index contributed by atoms with van der Waals surface area (Å²) in [5.41, 5.74) is -2.47. The quantitative estimate of drug-likeness (QED) is 0.207. The first kappa shape index (κ1) is 27.1. The van der Waals surface area contributed by atoms with E-state index in [1.807, 2.05) is 0 Å². The van der Waals surface area contributed by atoms with Gasteiger partial charge in [-0.15, -0.1) is 0 Å². The van der Waals surface area contributed by atoms with E-state index in [9.17, 15) is 45.3 Å². The van der Waals surface area contributed by atoms with Crippen LogP contribution in [0.1, 0.15) is 65.3 Å². The van der Waals surface area contributed by atoms with Crippen molar-refractivity contribution in [2.24, 2.45) is 5.92 Å². The lowest BCUT2D eigenvalue weighted by Gasteiger charge is -2.48. The summed E-state index contributed by atoms with van der Waals surface area (Å²) in [6.45, 7) is 1.87. The van der Waals surface area contributed by atoms with Crippen LogP contribution in [0.4, 0.5) is 0 Å². The SMILES string of the molecule is CC(=O)c1c(C)c(O)c2cc(C(=O)O)cc(O[C@H]3O[C@H](CO)[C@](O)(CC4CCCC4)[C@H](O)[C@H]3O)c2c1O. The van der Waals surface area contributed by atoms with Crippen LogP contribution >= 0.6 is 0 Å². The minimum Gasteiger partial charge on any atom is -0.507 e. The number of benzene rings is 2. The molecule has 1 saturated heterocycles. The van der Waals surface area contributed by atoms with Gasteiger partial charge in [-0.1, -0.05) is 25.7 Å². The molecule has 0 radical (unpaired) electrons. The van der Waals surface area contributed by atoms with Gasteiger partial charge in [-0.25, -0.2) is 4.79 Å². The van der Waals surface area contributed by atoms with Gasteiger partial charge in [-0.05, 0) is 38.3 Å². The summed E-state index contributed by atoms with van der Waals surface area (Å²) in [6, 6.07) is 2.11. The number of carboxylic acids is 1. The number of aliphatic hydroxyl groups is 4. The summed E-state index contributed by atoms with van der Waals surface area (Å²) < 4.78 is 11.4. The summed E-state index contributed by atoms with van der Waals surface area (Å²) in [6.07, 6.45) is -2.95. The molecule has 4 rings (SSSR count). The lowest BCUT2D eigenvalue weighted by molar-refractivity contribution is -0.316. The highest BCUT2D eigenvalue weighted by atomic mass is 16.7. The van der Waals surface area contributed by atoms with E-state index in [0.29, 0.717) is 0 Å². The molecule has 2 aromatic rings. The summed E-state index contributed by atoms with van der Waals surface area (Å²) in [4.78, 5) is 24.0. The fourth-order valence-corrected chi connectivity index (χ4v) is 5.66. The van der Waals surface area contributed by atoms with E-state index in [1.54, 1.807) is 0 Å². The zero-order chi connectivity index (χ0) is 27.2. The minimum atomic E-state index is -1.96. The Bertz CT molecular complexity index is 1220. The molecule has 11 heteroatoms. The Morgan fingerprint density at radius 3 is 2.35 bits per heavy atom. The van der Waals surface area contributed by atoms with Gasteiger partial charge >= 0.3 is 5.97 Å². The Kier molecular flexibility index (Phi) is 7.37. The van der Waals surface area contributed by atoms with E-state index in [2.05, 4.69) is 0 Å². The smallest absolute Gasteiger partial charge is 0.335 e. The molecule has 0 spiro atoms. The number of hydrogen-bond donors (Lipinski definition) is 7. The van der Waals surface area contributed by atoms with E-state index in [-0.39, 0.29) is 45.6 Å². The van der Waals surface area contributed by atoms with Crippen molar-refractivity contribution in [3.8, 4) is 17.2 Å². The number of aromatic carboxylic acids is 1. The molecule has 5 atom stereocenters. The topological polar surface area (TPSA) is 194 Å². The number of rotatable bonds is 7. The molecular weight excluding hydrogens is 488 g/mol. The van der Waals surface area contributed by atoms with Crippen LogP contribution < -0.4 is 4.74 Å². The van der Waals surface area contributed by atoms with Gasteiger partial charge in [0.25, 0.3) is 0 Å². The maximum Gasteiger partial charge on any atom is 0.335 e. The maximum atomic E-state index is 12.2. The number of aromatic hydroxyl groups is 2. The summed E-state index contributed by atoms with van der Waals surface area (Å²) in [7, 11) is 0. The zero-order valence-electron chi connectivity index (χ0n) is 20.5. The number of carbonyl (C=O) groups excluding carboxylic acids is 1. The van der Waals surface area contributed by atoms with E-state index < -0.39 is 60.1 Å². The van der Waals surface area contributed by atoms with Crippen molar-refractivity contribution < 1.29 is 54.8 Å². The van der Waals surface area contributed by atoms with Crippen LogP contribution in [0.3, 0.4) is 0 Å². The first-order chi connectivity index (χ1) is 17.4. The first-order valence-electron chi connectivity index (χ1n) is 12.2. The van der Waals surface area contributed by atoms with Gasteiger partial charge in [0.2, 0.25) is 6.29 Å². The second kappa shape index (κ2) is 10.1. The molecule has 0 amide bonds. The van der Waals surface area contributed by atoms with E-state index in [0.717, 1.165) is 37.8 Å². The number of ketones is 1. The van der Waals surface area contributed by atoms with Crippen LogP contribution in [0.15, 0.2) is 12.1 Å². The van der Waals surface area contributed by atoms with Crippen molar-refractivity contribution in [3.63, 3.8) is 0 Å². The van der Waals surface area contributed by atoms with Crippen molar-refractivity contribution >= 4 is 22.5 Å². The normalized spacial score (nSPS) is 28.5. The second-order valence-electron chi connectivity index (χ2n) is 10.0. The molecule has 7 N–H and O–H groups in total. The molecule has 202 valence electrons. The molecule has 1 aliphatic carbocycles. The van der Waals surface area contributed by atoms with Gasteiger partial charge in [0.05, 0.1) is 23.1 Å². The second-order valence-corrected chi connectivity index (χ2v) is 10.0.